The van der Waals surface area contributed by atoms with Crippen LogP contribution in [0.4, 0.5) is 4.39 Å². The molecule has 5 nitrogen and oxygen atoms in total. The molecule has 0 spiro atoms. The summed E-state index contributed by atoms with van der Waals surface area (Å²) in [6, 6.07) is 13.7. The van der Waals surface area contributed by atoms with Crippen LogP contribution < -0.4 is 10.1 Å². The summed E-state index contributed by atoms with van der Waals surface area (Å²) >= 11 is 0. The van der Waals surface area contributed by atoms with Crippen molar-refractivity contribution in [2.45, 2.75) is 38.6 Å². The molecule has 0 saturated heterocycles. The Hall–Kier alpha value is -2.89. The standard InChI is InChI=1S/C23H27FN2O3/c1-17(27)26-14-12-18-6-2-3-7-21(18)22(26)16-23(28)25-13-4-5-15-29-20-10-8-19(24)9-11-20/h2-3,6-11,22H,4-5,12-16H2,1H3,(H,25,28). The lowest BCUT2D eigenvalue weighted by molar-refractivity contribution is -0.133. The molecule has 1 unspecified atom stereocenters. The second-order valence-corrected chi connectivity index (χ2v) is 7.24. The molecule has 0 radical (unpaired) electrons. The number of hydrogen-bond donors (Lipinski definition) is 1. The average molecular weight is 398 g/mol. The molecule has 6 heteroatoms. The number of ether oxygens (including phenoxy) is 1. The molecule has 0 saturated carbocycles. The van der Waals surface area contributed by atoms with Crippen LogP contribution in [0.3, 0.4) is 0 Å². The molecule has 3 rings (SSSR count). The number of amides is 2. The van der Waals surface area contributed by atoms with Gasteiger partial charge in [-0.05, 0) is 54.7 Å². The predicted molar refractivity (Wildman–Crippen MR) is 109 cm³/mol. The number of nitrogens with zero attached hydrogens (tertiary/aromatic N) is 1. The smallest absolute Gasteiger partial charge is 0.222 e. The fourth-order valence-corrected chi connectivity index (χ4v) is 3.67. The highest BCUT2D eigenvalue weighted by Gasteiger charge is 2.30. The number of nitrogens with one attached hydrogen (secondary N) is 1. The molecule has 0 bridgehead atoms. The highest BCUT2D eigenvalue weighted by molar-refractivity contribution is 5.79. The van der Waals surface area contributed by atoms with Gasteiger partial charge in [-0.25, -0.2) is 4.39 Å². The largest absolute Gasteiger partial charge is 0.494 e. The number of fused-ring (bicyclic) bond motifs is 1. The van der Waals surface area contributed by atoms with E-state index in [2.05, 4.69) is 11.4 Å². The Morgan fingerprint density at radius 1 is 1.14 bits per heavy atom. The summed E-state index contributed by atoms with van der Waals surface area (Å²) in [6.45, 7) is 3.26. The van der Waals surface area contributed by atoms with Crippen molar-refractivity contribution >= 4 is 11.8 Å². The minimum atomic E-state index is -0.288. The molecular formula is C23H27FN2O3. The fraction of sp³-hybridized carbons (Fsp3) is 0.391. The van der Waals surface area contributed by atoms with Gasteiger partial charge in [-0.15, -0.1) is 0 Å². The Balaban J connectivity index is 1.42. The van der Waals surface area contributed by atoms with Gasteiger partial charge >= 0.3 is 0 Å². The molecular weight excluding hydrogens is 371 g/mol. The van der Waals surface area contributed by atoms with Crippen molar-refractivity contribution in [3.05, 3.63) is 65.5 Å². The SMILES string of the molecule is CC(=O)N1CCc2ccccc2C1CC(=O)NCCCCOc1ccc(F)cc1. The van der Waals surface area contributed by atoms with Crippen molar-refractivity contribution in [1.82, 2.24) is 10.2 Å². The topological polar surface area (TPSA) is 58.6 Å². The minimum absolute atomic E-state index is 0.00440. The summed E-state index contributed by atoms with van der Waals surface area (Å²) in [7, 11) is 0. The molecule has 2 aromatic carbocycles. The highest BCUT2D eigenvalue weighted by Crippen LogP contribution is 2.32. The zero-order chi connectivity index (χ0) is 20.6. The van der Waals surface area contributed by atoms with Crippen molar-refractivity contribution in [3.8, 4) is 5.75 Å². The van der Waals surface area contributed by atoms with Crippen LogP contribution in [-0.2, 0) is 16.0 Å². The van der Waals surface area contributed by atoms with Gasteiger partial charge in [0.2, 0.25) is 11.8 Å². The van der Waals surface area contributed by atoms with Crippen LogP contribution in [0.2, 0.25) is 0 Å². The van der Waals surface area contributed by atoms with Gasteiger partial charge in [0.15, 0.2) is 0 Å². The third kappa shape index (κ3) is 5.79. The van der Waals surface area contributed by atoms with E-state index >= 15 is 0 Å². The number of carbonyl (C=O) groups excluding carboxylic acids is 2. The van der Waals surface area contributed by atoms with Crippen molar-refractivity contribution in [3.63, 3.8) is 0 Å². The Kier molecular flexibility index (Phi) is 7.22. The monoisotopic (exact) mass is 398 g/mol. The van der Waals surface area contributed by atoms with Crippen LogP contribution in [0.5, 0.6) is 5.75 Å². The van der Waals surface area contributed by atoms with E-state index in [4.69, 9.17) is 4.74 Å². The first kappa shape index (κ1) is 20.8. The van der Waals surface area contributed by atoms with Crippen molar-refractivity contribution in [1.29, 1.82) is 0 Å². The van der Waals surface area contributed by atoms with Crippen molar-refractivity contribution in [2.75, 3.05) is 19.7 Å². The Morgan fingerprint density at radius 2 is 1.90 bits per heavy atom. The lowest BCUT2D eigenvalue weighted by Gasteiger charge is -2.36. The first-order chi connectivity index (χ1) is 14.0. The molecule has 29 heavy (non-hydrogen) atoms. The van der Waals surface area contributed by atoms with Crippen LogP contribution >= 0.6 is 0 Å². The van der Waals surface area contributed by atoms with E-state index in [9.17, 15) is 14.0 Å². The number of benzene rings is 2. The molecule has 1 heterocycles. The maximum absolute atomic E-state index is 12.9. The van der Waals surface area contributed by atoms with Crippen molar-refractivity contribution < 1.29 is 18.7 Å². The van der Waals surface area contributed by atoms with Crippen LogP contribution in [0.15, 0.2) is 48.5 Å². The maximum atomic E-state index is 12.9. The molecule has 2 amide bonds. The molecule has 0 fully saturated rings. The molecule has 2 aromatic rings. The van der Waals surface area contributed by atoms with Crippen LogP contribution in [0.25, 0.3) is 0 Å². The summed E-state index contributed by atoms with van der Waals surface area (Å²) < 4.78 is 18.4. The number of hydrogen-bond acceptors (Lipinski definition) is 3. The van der Waals surface area contributed by atoms with Crippen LogP contribution in [0.1, 0.15) is 43.4 Å². The van der Waals surface area contributed by atoms with Gasteiger partial charge in [-0.1, -0.05) is 24.3 Å². The van der Waals surface area contributed by atoms with Gasteiger partial charge in [-0.2, -0.15) is 0 Å². The van der Waals surface area contributed by atoms with Gasteiger partial charge in [0.1, 0.15) is 11.6 Å². The van der Waals surface area contributed by atoms with Gasteiger partial charge in [0, 0.05) is 20.0 Å². The average Bonchev–Trinajstić information content (AvgIpc) is 2.72. The molecule has 1 atom stereocenters. The third-order valence-electron chi connectivity index (χ3n) is 5.17. The Morgan fingerprint density at radius 3 is 2.66 bits per heavy atom. The summed E-state index contributed by atoms with van der Waals surface area (Å²) in [6.07, 6.45) is 2.65. The number of unbranched alkanes of at least 4 members (excludes halogenated alkanes) is 1. The molecule has 1 aliphatic rings. The van der Waals surface area contributed by atoms with E-state index in [-0.39, 0.29) is 30.1 Å². The fourth-order valence-electron chi connectivity index (χ4n) is 3.67. The lowest BCUT2D eigenvalue weighted by atomic mass is 9.90. The van der Waals surface area contributed by atoms with Crippen LogP contribution in [0, 0.1) is 5.82 Å². The van der Waals surface area contributed by atoms with E-state index < -0.39 is 0 Å². The Bertz CT molecular complexity index is 838. The predicted octanol–water partition coefficient (Wildman–Crippen LogP) is 3.64. The summed E-state index contributed by atoms with van der Waals surface area (Å²) in [4.78, 5) is 26.3. The molecule has 0 aromatic heterocycles. The first-order valence-electron chi connectivity index (χ1n) is 10.0. The number of halogens is 1. The Labute approximate surface area is 170 Å². The van der Waals surface area contributed by atoms with Gasteiger partial charge in [0.05, 0.1) is 19.1 Å². The normalized spacial score (nSPS) is 15.5. The van der Waals surface area contributed by atoms with E-state index in [0.29, 0.717) is 25.4 Å². The van der Waals surface area contributed by atoms with Crippen molar-refractivity contribution in [2.24, 2.45) is 0 Å². The quantitative estimate of drug-likeness (QED) is 0.691. The number of carbonyl (C=O) groups is 2. The molecule has 0 aliphatic carbocycles. The zero-order valence-electron chi connectivity index (χ0n) is 16.7. The van der Waals surface area contributed by atoms with Gasteiger partial charge < -0.3 is 15.0 Å². The van der Waals surface area contributed by atoms with E-state index in [0.717, 1.165) is 24.8 Å². The van der Waals surface area contributed by atoms with Gasteiger partial charge in [0.25, 0.3) is 0 Å². The second kappa shape index (κ2) is 10.0. The van der Waals surface area contributed by atoms with Crippen LogP contribution in [-0.4, -0.2) is 36.4 Å². The van der Waals surface area contributed by atoms with Gasteiger partial charge in [-0.3, -0.25) is 9.59 Å². The van der Waals surface area contributed by atoms with E-state index in [1.165, 1.54) is 17.7 Å². The summed E-state index contributed by atoms with van der Waals surface area (Å²) in [5, 5.41) is 2.94. The third-order valence-corrected chi connectivity index (χ3v) is 5.17. The highest BCUT2D eigenvalue weighted by atomic mass is 19.1. The van der Waals surface area contributed by atoms with E-state index in [1.54, 1.807) is 24.0 Å². The minimum Gasteiger partial charge on any atom is -0.494 e. The zero-order valence-corrected chi connectivity index (χ0v) is 16.7. The molecule has 154 valence electrons. The van der Waals surface area contributed by atoms with E-state index in [1.807, 2.05) is 18.2 Å². The first-order valence-corrected chi connectivity index (χ1v) is 10.0. The molecule has 1 N–H and O–H groups in total. The maximum Gasteiger partial charge on any atom is 0.222 e. The summed E-state index contributed by atoms with van der Waals surface area (Å²) in [5.74, 6) is 0.285. The lowest BCUT2D eigenvalue weighted by Crippen LogP contribution is -2.41. The second-order valence-electron chi connectivity index (χ2n) is 7.24. The summed E-state index contributed by atoms with van der Waals surface area (Å²) in [5.41, 5.74) is 2.28. The number of rotatable bonds is 8. The molecule has 1 aliphatic heterocycles.